The molecule has 0 radical (unpaired) electrons. The second kappa shape index (κ2) is 6.71. The molecule has 0 saturated carbocycles. The lowest BCUT2D eigenvalue weighted by Crippen LogP contribution is -2.16. The lowest BCUT2D eigenvalue weighted by Gasteiger charge is -2.07. The molecule has 2 N–H and O–H groups in total. The van der Waals surface area contributed by atoms with E-state index in [4.69, 9.17) is 0 Å². The van der Waals surface area contributed by atoms with Gasteiger partial charge in [-0.25, -0.2) is 4.68 Å². The SMILES string of the molecule is O=C(Nc1cc(-c2cccs2)nn1CCO)c1ccc2nsnc2c1. The summed E-state index contributed by atoms with van der Waals surface area (Å²) < 4.78 is 9.88. The van der Waals surface area contributed by atoms with E-state index in [2.05, 4.69) is 19.2 Å². The largest absolute Gasteiger partial charge is 0.394 e. The fourth-order valence-corrected chi connectivity index (χ4v) is 3.64. The molecule has 0 bridgehead atoms. The van der Waals surface area contributed by atoms with Crippen molar-refractivity contribution in [3.63, 3.8) is 0 Å². The van der Waals surface area contributed by atoms with Crippen LogP contribution in [0.25, 0.3) is 21.6 Å². The Labute approximate surface area is 150 Å². The molecular weight excluding hydrogens is 358 g/mol. The van der Waals surface area contributed by atoms with Crippen molar-refractivity contribution in [2.24, 2.45) is 0 Å². The van der Waals surface area contributed by atoms with Crippen LogP contribution in [-0.4, -0.2) is 36.1 Å². The number of aliphatic hydroxyl groups excluding tert-OH is 1. The minimum atomic E-state index is -0.258. The fourth-order valence-electron chi connectivity index (χ4n) is 2.44. The standard InChI is InChI=1S/C16H13N5O2S2/c22-6-5-21-15(9-13(18-21)14-2-1-7-24-14)17-16(23)10-3-4-11-12(8-10)20-25-19-11/h1-4,7-9,22H,5-6H2,(H,17,23). The Kier molecular flexibility index (Phi) is 4.26. The maximum atomic E-state index is 12.6. The van der Waals surface area contributed by atoms with E-state index in [-0.39, 0.29) is 12.5 Å². The summed E-state index contributed by atoms with van der Waals surface area (Å²) >= 11 is 2.68. The van der Waals surface area contributed by atoms with Crippen LogP contribution in [0, 0.1) is 0 Å². The summed E-state index contributed by atoms with van der Waals surface area (Å²) in [5.74, 6) is 0.283. The number of hydrogen-bond donors (Lipinski definition) is 2. The number of aliphatic hydroxyl groups is 1. The molecule has 0 spiro atoms. The predicted octanol–water partition coefficient (Wildman–Crippen LogP) is 2.86. The first-order valence-electron chi connectivity index (χ1n) is 7.51. The molecule has 0 fully saturated rings. The van der Waals surface area contributed by atoms with E-state index in [1.165, 1.54) is 0 Å². The van der Waals surface area contributed by atoms with Crippen LogP contribution in [-0.2, 0) is 6.54 Å². The molecule has 1 amide bonds. The maximum Gasteiger partial charge on any atom is 0.256 e. The molecule has 0 aliphatic rings. The summed E-state index contributed by atoms with van der Waals surface area (Å²) in [6.45, 7) is 0.237. The van der Waals surface area contributed by atoms with E-state index in [1.807, 2.05) is 23.6 Å². The van der Waals surface area contributed by atoms with Gasteiger partial charge in [-0.1, -0.05) is 6.07 Å². The highest BCUT2D eigenvalue weighted by Crippen LogP contribution is 2.26. The topological polar surface area (TPSA) is 92.9 Å². The summed E-state index contributed by atoms with van der Waals surface area (Å²) in [6, 6.07) is 10.9. The number of carbonyl (C=O) groups excluding carboxylic acids is 1. The monoisotopic (exact) mass is 371 g/mol. The lowest BCUT2D eigenvalue weighted by atomic mass is 10.2. The summed E-state index contributed by atoms with van der Waals surface area (Å²) in [6.07, 6.45) is 0. The molecule has 126 valence electrons. The van der Waals surface area contributed by atoms with Crippen molar-refractivity contribution in [1.29, 1.82) is 0 Å². The van der Waals surface area contributed by atoms with Gasteiger partial charge in [0.05, 0.1) is 29.8 Å². The third-order valence-corrected chi connectivity index (χ3v) is 5.07. The molecule has 0 saturated heterocycles. The molecule has 9 heteroatoms. The molecule has 0 aliphatic heterocycles. The van der Waals surface area contributed by atoms with Crippen LogP contribution in [0.3, 0.4) is 0 Å². The van der Waals surface area contributed by atoms with Crippen LogP contribution in [0.5, 0.6) is 0 Å². The van der Waals surface area contributed by atoms with Crippen LogP contribution in [0.4, 0.5) is 5.82 Å². The van der Waals surface area contributed by atoms with Crippen LogP contribution in [0.1, 0.15) is 10.4 Å². The summed E-state index contributed by atoms with van der Waals surface area (Å²) in [5.41, 5.74) is 2.72. The number of hydrogen-bond acceptors (Lipinski definition) is 7. The van der Waals surface area contributed by atoms with Crippen molar-refractivity contribution in [3.05, 3.63) is 47.3 Å². The number of nitrogens with zero attached hydrogens (tertiary/aromatic N) is 4. The zero-order chi connectivity index (χ0) is 17.2. The van der Waals surface area contributed by atoms with E-state index in [0.29, 0.717) is 23.4 Å². The van der Waals surface area contributed by atoms with Gasteiger partial charge >= 0.3 is 0 Å². The molecule has 1 aromatic carbocycles. The maximum absolute atomic E-state index is 12.6. The smallest absolute Gasteiger partial charge is 0.256 e. The molecule has 4 aromatic rings. The van der Waals surface area contributed by atoms with Crippen LogP contribution in [0.2, 0.25) is 0 Å². The van der Waals surface area contributed by atoms with Gasteiger partial charge in [0.1, 0.15) is 22.5 Å². The molecule has 0 aliphatic carbocycles. The van der Waals surface area contributed by atoms with Crippen LogP contribution in [0.15, 0.2) is 41.8 Å². The highest BCUT2D eigenvalue weighted by Gasteiger charge is 2.14. The summed E-state index contributed by atoms with van der Waals surface area (Å²) in [5, 5.41) is 18.5. The van der Waals surface area contributed by atoms with Gasteiger partial charge in [-0.3, -0.25) is 4.79 Å². The first-order valence-corrected chi connectivity index (χ1v) is 9.12. The minimum absolute atomic E-state index is 0.0646. The molecule has 7 nitrogen and oxygen atoms in total. The number of anilines is 1. The molecule has 0 unspecified atom stereocenters. The van der Waals surface area contributed by atoms with Gasteiger partial charge in [-0.15, -0.1) is 11.3 Å². The lowest BCUT2D eigenvalue weighted by molar-refractivity contribution is 0.102. The highest BCUT2D eigenvalue weighted by atomic mass is 32.1. The molecule has 4 rings (SSSR count). The van der Waals surface area contributed by atoms with Crippen molar-refractivity contribution in [3.8, 4) is 10.6 Å². The van der Waals surface area contributed by atoms with Gasteiger partial charge in [0.25, 0.3) is 5.91 Å². The summed E-state index contributed by atoms with van der Waals surface area (Å²) in [4.78, 5) is 13.6. The Morgan fingerprint density at radius 2 is 2.08 bits per heavy atom. The Bertz CT molecular complexity index is 1020. The number of carbonyl (C=O) groups is 1. The number of amides is 1. The number of benzene rings is 1. The van der Waals surface area contributed by atoms with E-state index >= 15 is 0 Å². The van der Waals surface area contributed by atoms with Gasteiger partial charge < -0.3 is 10.4 Å². The Balaban J connectivity index is 1.63. The van der Waals surface area contributed by atoms with Gasteiger partial charge in [0, 0.05) is 11.6 Å². The van der Waals surface area contributed by atoms with E-state index < -0.39 is 0 Å². The quantitative estimate of drug-likeness (QED) is 0.563. The third-order valence-electron chi connectivity index (χ3n) is 3.62. The number of thiophene rings is 1. The van der Waals surface area contributed by atoms with Crippen LogP contribution < -0.4 is 5.32 Å². The number of nitrogens with one attached hydrogen (secondary N) is 1. The third kappa shape index (κ3) is 3.16. The highest BCUT2D eigenvalue weighted by molar-refractivity contribution is 7.13. The van der Waals surface area contributed by atoms with Crippen molar-refractivity contribution < 1.29 is 9.90 Å². The van der Waals surface area contributed by atoms with Crippen molar-refractivity contribution >= 4 is 45.8 Å². The van der Waals surface area contributed by atoms with Gasteiger partial charge in [-0.2, -0.15) is 13.8 Å². The molecule has 25 heavy (non-hydrogen) atoms. The van der Waals surface area contributed by atoms with Gasteiger partial charge in [0.15, 0.2) is 0 Å². The van der Waals surface area contributed by atoms with E-state index in [1.54, 1.807) is 34.2 Å². The average molecular weight is 371 g/mol. The number of aromatic nitrogens is 4. The second-order valence-corrected chi connectivity index (χ2v) is 6.74. The Morgan fingerprint density at radius 1 is 1.20 bits per heavy atom. The summed E-state index contributed by atoms with van der Waals surface area (Å²) in [7, 11) is 0. The van der Waals surface area contributed by atoms with Crippen molar-refractivity contribution in [1.82, 2.24) is 18.5 Å². The van der Waals surface area contributed by atoms with Crippen molar-refractivity contribution in [2.45, 2.75) is 6.54 Å². The Morgan fingerprint density at radius 3 is 2.88 bits per heavy atom. The molecule has 3 aromatic heterocycles. The molecular formula is C16H13N5O2S2. The number of fused-ring (bicyclic) bond motifs is 1. The zero-order valence-electron chi connectivity index (χ0n) is 12.9. The first-order chi connectivity index (χ1) is 12.2. The second-order valence-electron chi connectivity index (χ2n) is 5.26. The number of rotatable bonds is 5. The molecule has 3 heterocycles. The average Bonchev–Trinajstić information content (AvgIpc) is 3.35. The van der Waals surface area contributed by atoms with Gasteiger partial charge in [0.2, 0.25) is 0 Å². The van der Waals surface area contributed by atoms with Crippen LogP contribution >= 0.6 is 23.1 Å². The van der Waals surface area contributed by atoms with E-state index in [0.717, 1.165) is 27.8 Å². The predicted molar refractivity (Wildman–Crippen MR) is 98.0 cm³/mol. The normalized spacial score (nSPS) is 11.1. The van der Waals surface area contributed by atoms with Crippen molar-refractivity contribution in [2.75, 3.05) is 11.9 Å². The van der Waals surface area contributed by atoms with E-state index in [9.17, 15) is 9.90 Å². The molecule has 0 atom stereocenters. The minimum Gasteiger partial charge on any atom is -0.394 e. The first kappa shape index (κ1) is 15.9. The Hall–Kier alpha value is -2.62. The fraction of sp³-hybridized carbons (Fsp3) is 0.125. The zero-order valence-corrected chi connectivity index (χ0v) is 14.5. The van der Waals surface area contributed by atoms with Gasteiger partial charge in [-0.05, 0) is 29.6 Å².